The summed E-state index contributed by atoms with van der Waals surface area (Å²) in [5.74, 6) is 1.75. The zero-order chi connectivity index (χ0) is 9.80. The molecule has 3 N–H and O–H groups in total. The van der Waals surface area contributed by atoms with Crippen molar-refractivity contribution in [3.05, 3.63) is 0 Å². The Labute approximate surface area is 87.6 Å². The molecule has 0 aromatic heterocycles. The third-order valence-electron chi connectivity index (χ3n) is 4.09. The standard InChI is InChI=1S/C12H24N2/c13-12-9-14-8-7-11(12)10-5-3-1-2-4-6-10/h10-12,14H,1-9,13H2. The van der Waals surface area contributed by atoms with E-state index in [0.29, 0.717) is 6.04 Å². The minimum Gasteiger partial charge on any atom is -0.326 e. The maximum atomic E-state index is 6.20. The number of piperidine rings is 1. The molecule has 1 heterocycles. The van der Waals surface area contributed by atoms with E-state index in [-0.39, 0.29) is 0 Å². The molecule has 2 nitrogen and oxygen atoms in total. The van der Waals surface area contributed by atoms with Crippen LogP contribution in [0, 0.1) is 11.8 Å². The Balaban J connectivity index is 1.90. The van der Waals surface area contributed by atoms with E-state index >= 15 is 0 Å². The summed E-state index contributed by atoms with van der Waals surface area (Å²) in [5.41, 5.74) is 6.20. The monoisotopic (exact) mass is 196 g/mol. The lowest BCUT2D eigenvalue weighted by molar-refractivity contribution is 0.207. The van der Waals surface area contributed by atoms with E-state index in [9.17, 15) is 0 Å². The van der Waals surface area contributed by atoms with E-state index in [0.717, 1.165) is 18.4 Å². The molecule has 2 unspecified atom stereocenters. The number of rotatable bonds is 1. The first-order valence-corrected chi connectivity index (χ1v) is 6.34. The molecule has 2 rings (SSSR count). The van der Waals surface area contributed by atoms with Gasteiger partial charge in [-0.2, -0.15) is 0 Å². The van der Waals surface area contributed by atoms with Gasteiger partial charge in [0.2, 0.25) is 0 Å². The number of hydrogen-bond acceptors (Lipinski definition) is 2. The Morgan fingerprint density at radius 1 is 0.929 bits per heavy atom. The SMILES string of the molecule is NC1CNCCC1C1CCCCCC1. The summed E-state index contributed by atoms with van der Waals surface area (Å²) in [7, 11) is 0. The van der Waals surface area contributed by atoms with Crippen LogP contribution >= 0.6 is 0 Å². The van der Waals surface area contributed by atoms with Gasteiger partial charge >= 0.3 is 0 Å². The van der Waals surface area contributed by atoms with Crippen molar-refractivity contribution in [2.24, 2.45) is 17.6 Å². The van der Waals surface area contributed by atoms with Crippen molar-refractivity contribution in [1.29, 1.82) is 0 Å². The molecule has 0 spiro atoms. The lowest BCUT2D eigenvalue weighted by Crippen LogP contribution is -2.48. The van der Waals surface area contributed by atoms with Crippen molar-refractivity contribution < 1.29 is 0 Å². The molecule has 0 aromatic carbocycles. The quantitative estimate of drug-likeness (QED) is 0.629. The molecule has 0 aromatic rings. The van der Waals surface area contributed by atoms with Gasteiger partial charge in [0.25, 0.3) is 0 Å². The molecule has 1 aliphatic carbocycles. The molecule has 82 valence electrons. The van der Waals surface area contributed by atoms with Crippen LogP contribution in [0.25, 0.3) is 0 Å². The fourth-order valence-corrected chi connectivity index (χ4v) is 3.23. The summed E-state index contributed by atoms with van der Waals surface area (Å²) in [6.45, 7) is 2.23. The molecule has 1 aliphatic heterocycles. The van der Waals surface area contributed by atoms with Crippen LogP contribution < -0.4 is 11.1 Å². The van der Waals surface area contributed by atoms with E-state index in [1.54, 1.807) is 0 Å². The Morgan fingerprint density at radius 3 is 2.29 bits per heavy atom. The van der Waals surface area contributed by atoms with E-state index in [1.807, 2.05) is 0 Å². The van der Waals surface area contributed by atoms with Gasteiger partial charge in [0.1, 0.15) is 0 Å². The highest BCUT2D eigenvalue weighted by Gasteiger charge is 2.29. The first-order valence-electron chi connectivity index (χ1n) is 6.34. The average Bonchev–Trinajstić information content (AvgIpc) is 2.47. The van der Waals surface area contributed by atoms with Crippen molar-refractivity contribution >= 4 is 0 Å². The summed E-state index contributed by atoms with van der Waals surface area (Å²) in [6.07, 6.45) is 10.00. The van der Waals surface area contributed by atoms with Gasteiger partial charge in [-0.25, -0.2) is 0 Å². The normalized spacial score (nSPS) is 36.6. The average molecular weight is 196 g/mol. The Hall–Kier alpha value is -0.0800. The highest BCUT2D eigenvalue weighted by molar-refractivity contribution is 4.86. The van der Waals surface area contributed by atoms with Crippen LogP contribution in [0.2, 0.25) is 0 Å². The molecular formula is C12H24N2. The molecule has 2 atom stereocenters. The predicted octanol–water partition coefficient (Wildman–Crippen LogP) is 1.89. The van der Waals surface area contributed by atoms with Gasteiger partial charge in [-0.3, -0.25) is 0 Å². The van der Waals surface area contributed by atoms with Crippen molar-refractivity contribution in [3.8, 4) is 0 Å². The van der Waals surface area contributed by atoms with E-state index in [2.05, 4.69) is 5.32 Å². The van der Waals surface area contributed by atoms with Gasteiger partial charge in [-0.1, -0.05) is 38.5 Å². The van der Waals surface area contributed by atoms with Gasteiger partial charge in [0.05, 0.1) is 0 Å². The van der Waals surface area contributed by atoms with Gasteiger partial charge in [-0.15, -0.1) is 0 Å². The maximum Gasteiger partial charge on any atom is 0.0197 e. The largest absolute Gasteiger partial charge is 0.326 e. The topological polar surface area (TPSA) is 38.0 Å². The molecule has 0 radical (unpaired) electrons. The molecule has 1 saturated heterocycles. The Morgan fingerprint density at radius 2 is 1.64 bits per heavy atom. The van der Waals surface area contributed by atoms with Crippen molar-refractivity contribution in [2.75, 3.05) is 13.1 Å². The second kappa shape index (κ2) is 5.13. The first kappa shape index (κ1) is 10.4. The molecule has 0 bridgehead atoms. The second-order valence-electron chi connectivity index (χ2n) is 5.07. The van der Waals surface area contributed by atoms with Gasteiger partial charge in [-0.05, 0) is 24.8 Å². The summed E-state index contributed by atoms with van der Waals surface area (Å²) >= 11 is 0. The molecule has 2 fully saturated rings. The first-order chi connectivity index (χ1) is 6.88. The highest BCUT2D eigenvalue weighted by atomic mass is 14.9. The Kier molecular flexibility index (Phi) is 3.82. The smallest absolute Gasteiger partial charge is 0.0197 e. The summed E-state index contributed by atoms with van der Waals surface area (Å²) in [6, 6.07) is 0.423. The lowest BCUT2D eigenvalue weighted by atomic mass is 9.78. The molecule has 2 heteroatoms. The highest BCUT2D eigenvalue weighted by Crippen LogP contribution is 2.32. The summed E-state index contributed by atoms with van der Waals surface area (Å²) in [4.78, 5) is 0. The Bertz CT molecular complexity index is 162. The van der Waals surface area contributed by atoms with E-state index < -0.39 is 0 Å². The fraction of sp³-hybridized carbons (Fsp3) is 1.00. The van der Waals surface area contributed by atoms with Crippen LogP contribution in [0.5, 0.6) is 0 Å². The van der Waals surface area contributed by atoms with Crippen LogP contribution in [-0.2, 0) is 0 Å². The fourth-order valence-electron chi connectivity index (χ4n) is 3.23. The lowest BCUT2D eigenvalue weighted by Gasteiger charge is -2.35. The summed E-state index contributed by atoms with van der Waals surface area (Å²) < 4.78 is 0. The van der Waals surface area contributed by atoms with E-state index in [4.69, 9.17) is 5.73 Å². The molecule has 14 heavy (non-hydrogen) atoms. The van der Waals surface area contributed by atoms with Crippen LogP contribution in [0.4, 0.5) is 0 Å². The molecule has 1 saturated carbocycles. The van der Waals surface area contributed by atoms with Gasteiger partial charge in [0, 0.05) is 12.6 Å². The zero-order valence-corrected chi connectivity index (χ0v) is 9.17. The zero-order valence-electron chi connectivity index (χ0n) is 9.17. The number of hydrogen-bond donors (Lipinski definition) is 2. The van der Waals surface area contributed by atoms with Gasteiger partial charge < -0.3 is 11.1 Å². The van der Waals surface area contributed by atoms with Crippen LogP contribution in [0.1, 0.15) is 44.9 Å². The van der Waals surface area contributed by atoms with Crippen LogP contribution in [0.3, 0.4) is 0 Å². The summed E-state index contributed by atoms with van der Waals surface area (Å²) in [5, 5.41) is 3.39. The number of nitrogens with two attached hydrogens (primary N) is 1. The second-order valence-corrected chi connectivity index (χ2v) is 5.07. The minimum atomic E-state index is 0.423. The van der Waals surface area contributed by atoms with Crippen molar-refractivity contribution in [2.45, 2.75) is 51.0 Å². The van der Waals surface area contributed by atoms with Crippen molar-refractivity contribution in [3.63, 3.8) is 0 Å². The van der Waals surface area contributed by atoms with Gasteiger partial charge in [0.15, 0.2) is 0 Å². The maximum absolute atomic E-state index is 6.20. The van der Waals surface area contributed by atoms with Crippen LogP contribution in [0.15, 0.2) is 0 Å². The minimum absolute atomic E-state index is 0.423. The van der Waals surface area contributed by atoms with E-state index in [1.165, 1.54) is 51.5 Å². The molecule has 2 aliphatic rings. The van der Waals surface area contributed by atoms with Crippen LogP contribution in [-0.4, -0.2) is 19.1 Å². The molecular weight excluding hydrogens is 172 g/mol. The third kappa shape index (κ3) is 2.48. The third-order valence-corrected chi connectivity index (χ3v) is 4.09. The number of nitrogens with one attached hydrogen (secondary N) is 1. The molecule has 0 amide bonds. The predicted molar refractivity (Wildman–Crippen MR) is 60.1 cm³/mol. The van der Waals surface area contributed by atoms with Crippen molar-refractivity contribution in [1.82, 2.24) is 5.32 Å².